The Labute approximate surface area is 307 Å². The first kappa shape index (κ1) is 29.7. The summed E-state index contributed by atoms with van der Waals surface area (Å²) >= 11 is 0. The average molecular weight is 673 g/mol. The zero-order valence-corrected chi connectivity index (χ0v) is 28.9. The molecule has 246 valence electrons. The molecule has 1 heterocycles. The summed E-state index contributed by atoms with van der Waals surface area (Å²) in [6, 6.07) is 70.5. The normalized spacial score (nSPS) is 11.8. The van der Waals surface area contributed by atoms with E-state index in [1.807, 2.05) is 0 Å². The van der Waals surface area contributed by atoms with Crippen molar-refractivity contribution in [3.63, 3.8) is 0 Å². The van der Waals surface area contributed by atoms with E-state index in [0.717, 1.165) is 11.2 Å². The molecule has 11 aromatic rings. The van der Waals surface area contributed by atoms with Crippen LogP contribution in [0.2, 0.25) is 0 Å². The number of fused-ring (bicyclic) bond motifs is 2. The summed E-state index contributed by atoms with van der Waals surface area (Å²) in [6.45, 7) is 0. The molecule has 0 aliphatic heterocycles. The van der Waals surface area contributed by atoms with Crippen LogP contribution < -0.4 is 0 Å². The van der Waals surface area contributed by atoms with Gasteiger partial charge >= 0.3 is 0 Å². The molecule has 10 aromatic carbocycles. The van der Waals surface area contributed by atoms with E-state index >= 15 is 0 Å². The summed E-state index contributed by atoms with van der Waals surface area (Å²) in [5, 5.41) is 9.84. The third-order valence-electron chi connectivity index (χ3n) is 11.0. The van der Waals surface area contributed by atoms with Crippen molar-refractivity contribution in [3.8, 4) is 55.6 Å². The van der Waals surface area contributed by atoms with Gasteiger partial charge in [0.1, 0.15) is 11.2 Å². The van der Waals surface area contributed by atoms with Gasteiger partial charge in [-0.25, -0.2) is 0 Å². The molecule has 1 heteroatoms. The summed E-state index contributed by atoms with van der Waals surface area (Å²) in [7, 11) is 0. The molecule has 53 heavy (non-hydrogen) atoms. The fourth-order valence-corrected chi connectivity index (χ4v) is 8.60. The van der Waals surface area contributed by atoms with Crippen LogP contribution in [0.1, 0.15) is 0 Å². The molecule has 0 unspecified atom stereocenters. The predicted molar refractivity (Wildman–Crippen MR) is 225 cm³/mol. The van der Waals surface area contributed by atoms with Crippen LogP contribution in [0.5, 0.6) is 0 Å². The van der Waals surface area contributed by atoms with Crippen LogP contribution in [-0.2, 0) is 0 Å². The molecule has 0 radical (unpaired) electrons. The van der Waals surface area contributed by atoms with Gasteiger partial charge in [-0.2, -0.15) is 0 Å². The van der Waals surface area contributed by atoms with Gasteiger partial charge in [-0.05, 0) is 112 Å². The van der Waals surface area contributed by atoms with Gasteiger partial charge in [0.15, 0.2) is 0 Å². The van der Waals surface area contributed by atoms with Crippen molar-refractivity contribution < 1.29 is 4.42 Å². The molecule has 11 rings (SSSR count). The van der Waals surface area contributed by atoms with E-state index in [0.29, 0.717) is 0 Å². The smallest absolute Gasteiger partial charge is 0.136 e. The minimum Gasteiger partial charge on any atom is -0.456 e. The Morgan fingerprint density at radius 1 is 0.264 bits per heavy atom. The SMILES string of the molecule is c1ccc(-c2ccc(-c3cccc(-c4ccc(-c5c6ccccc6c(-c6cc7cccc8oc9cccc6c9c78)c6ccccc56)cc4)c3)cc2)cc1. The van der Waals surface area contributed by atoms with Gasteiger partial charge < -0.3 is 4.42 Å². The predicted octanol–water partition coefficient (Wildman–Crippen LogP) is 14.8. The van der Waals surface area contributed by atoms with Crippen molar-refractivity contribution in [2.24, 2.45) is 0 Å². The first-order valence-corrected chi connectivity index (χ1v) is 18.3. The molecule has 0 amide bonds. The Balaban J connectivity index is 1.04. The number of furan rings is 1. The van der Waals surface area contributed by atoms with E-state index < -0.39 is 0 Å². The lowest BCUT2D eigenvalue weighted by Gasteiger charge is -2.19. The largest absolute Gasteiger partial charge is 0.456 e. The molecule has 0 spiro atoms. The molecular weight excluding hydrogens is 641 g/mol. The molecule has 0 aliphatic carbocycles. The summed E-state index contributed by atoms with van der Waals surface area (Å²) in [6.07, 6.45) is 0. The Morgan fingerprint density at radius 3 is 1.32 bits per heavy atom. The molecule has 0 atom stereocenters. The minimum absolute atomic E-state index is 0.937. The molecular formula is C52H32O. The second-order valence-corrected chi connectivity index (χ2v) is 14.0. The number of hydrogen-bond donors (Lipinski definition) is 0. The van der Waals surface area contributed by atoms with Crippen molar-refractivity contribution in [2.45, 2.75) is 0 Å². The summed E-state index contributed by atoms with van der Waals surface area (Å²) in [4.78, 5) is 0. The summed E-state index contributed by atoms with van der Waals surface area (Å²) < 4.78 is 6.35. The zero-order chi connectivity index (χ0) is 34.9. The van der Waals surface area contributed by atoms with Crippen LogP contribution in [0.3, 0.4) is 0 Å². The second kappa shape index (κ2) is 11.8. The van der Waals surface area contributed by atoms with Crippen molar-refractivity contribution in [1.82, 2.24) is 0 Å². The standard InChI is InChI=1S/C52H32O/c1-2-11-33(12-3-1)34-23-25-35(26-24-34)38-13-8-14-39(31-38)36-27-29-37(30-28-36)49-41-16-4-6-18-43(41)51(44-19-7-5-17-42(44)49)46-32-40-15-9-21-47-50(40)52-45(46)20-10-22-48(52)53-47/h1-32H. The Morgan fingerprint density at radius 2 is 0.698 bits per heavy atom. The van der Waals surface area contributed by atoms with Gasteiger partial charge in [0.2, 0.25) is 0 Å². The van der Waals surface area contributed by atoms with Crippen LogP contribution in [0.15, 0.2) is 199 Å². The van der Waals surface area contributed by atoms with Gasteiger partial charge in [0.05, 0.1) is 0 Å². The van der Waals surface area contributed by atoms with Gasteiger partial charge in [-0.15, -0.1) is 0 Å². The molecule has 0 bridgehead atoms. The monoisotopic (exact) mass is 672 g/mol. The summed E-state index contributed by atoms with van der Waals surface area (Å²) in [5.41, 5.74) is 14.2. The molecule has 1 aromatic heterocycles. The molecule has 0 N–H and O–H groups in total. The number of benzene rings is 10. The average Bonchev–Trinajstić information content (AvgIpc) is 3.63. The third-order valence-corrected chi connectivity index (χ3v) is 11.0. The Hall–Kier alpha value is -6.96. The minimum atomic E-state index is 0.937. The highest BCUT2D eigenvalue weighted by atomic mass is 16.3. The Bertz CT molecular complexity index is 3070. The maximum atomic E-state index is 6.35. The highest BCUT2D eigenvalue weighted by Gasteiger charge is 2.21. The van der Waals surface area contributed by atoms with Gasteiger partial charge in [0.25, 0.3) is 0 Å². The van der Waals surface area contributed by atoms with E-state index in [4.69, 9.17) is 4.42 Å². The zero-order valence-electron chi connectivity index (χ0n) is 28.9. The van der Waals surface area contributed by atoms with Gasteiger partial charge in [-0.1, -0.05) is 170 Å². The molecule has 0 aliphatic rings. The third kappa shape index (κ3) is 4.71. The fourth-order valence-electron chi connectivity index (χ4n) is 8.60. The van der Waals surface area contributed by atoms with E-state index in [1.165, 1.54) is 98.7 Å². The van der Waals surface area contributed by atoms with Gasteiger partial charge in [0, 0.05) is 10.8 Å². The first-order valence-electron chi connectivity index (χ1n) is 18.3. The highest BCUT2D eigenvalue weighted by molar-refractivity contribution is 6.29. The van der Waals surface area contributed by atoms with E-state index in [1.54, 1.807) is 0 Å². The van der Waals surface area contributed by atoms with Crippen molar-refractivity contribution in [3.05, 3.63) is 194 Å². The molecule has 1 nitrogen and oxygen atoms in total. The fraction of sp³-hybridized carbons (Fsp3) is 0. The quantitative estimate of drug-likeness (QED) is 0.131. The van der Waals surface area contributed by atoms with Crippen molar-refractivity contribution >= 4 is 54.3 Å². The first-order chi connectivity index (χ1) is 26.3. The Kier molecular flexibility index (Phi) is 6.62. The summed E-state index contributed by atoms with van der Waals surface area (Å²) in [5.74, 6) is 0. The van der Waals surface area contributed by atoms with Crippen molar-refractivity contribution in [1.29, 1.82) is 0 Å². The van der Waals surface area contributed by atoms with Gasteiger partial charge in [-0.3, -0.25) is 0 Å². The second-order valence-electron chi connectivity index (χ2n) is 14.0. The maximum Gasteiger partial charge on any atom is 0.136 e. The lowest BCUT2D eigenvalue weighted by atomic mass is 9.83. The lowest BCUT2D eigenvalue weighted by Crippen LogP contribution is -1.92. The lowest BCUT2D eigenvalue weighted by molar-refractivity contribution is 0.669. The topological polar surface area (TPSA) is 13.1 Å². The van der Waals surface area contributed by atoms with E-state index in [9.17, 15) is 0 Å². The molecule has 0 saturated carbocycles. The molecule has 0 saturated heterocycles. The number of rotatable bonds is 5. The van der Waals surface area contributed by atoms with Crippen LogP contribution in [0.4, 0.5) is 0 Å². The van der Waals surface area contributed by atoms with Crippen molar-refractivity contribution in [2.75, 3.05) is 0 Å². The van der Waals surface area contributed by atoms with Crippen LogP contribution in [0.25, 0.3) is 110 Å². The number of hydrogen-bond acceptors (Lipinski definition) is 1. The van der Waals surface area contributed by atoms with Crippen LogP contribution in [-0.4, -0.2) is 0 Å². The van der Waals surface area contributed by atoms with E-state index in [-0.39, 0.29) is 0 Å². The maximum absolute atomic E-state index is 6.35. The van der Waals surface area contributed by atoms with Crippen LogP contribution >= 0.6 is 0 Å². The van der Waals surface area contributed by atoms with E-state index in [2.05, 4.69) is 194 Å². The highest BCUT2D eigenvalue weighted by Crippen LogP contribution is 2.48. The molecule has 0 fully saturated rings. The van der Waals surface area contributed by atoms with Crippen LogP contribution in [0, 0.1) is 0 Å².